The van der Waals surface area contributed by atoms with Crippen LogP contribution in [0.2, 0.25) is 0 Å². The summed E-state index contributed by atoms with van der Waals surface area (Å²) < 4.78 is 38.0. The van der Waals surface area contributed by atoms with Crippen molar-refractivity contribution in [3.8, 4) is 0 Å². The molecule has 0 saturated carbocycles. The van der Waals surface area contributed by atoms with Crippen LogP contribution >= 0.6 is 0 Å². The third-order valence-electron chi connectivity index (χ3n) is 3.05. The first kappa shape index (κ1) is 23.1. The molecule has 0 heterocycles. The Hall–Kier alpha value is -1.91. The Morgan fingerprint density at radius 2 is 1.67 bits per heavy atom. The number of rotatable bonds is 5. The first-order chi connectivity index (χ1) is 12.6. The summed E-state index contributed by atoms with van der Waals surface area (Å²) >= 11 is -0.552. The highest BCUT2D eigenvalue weighted by Crippen LogP contribution is 2.08. The lowest BCUT2D eigenvalue weighted by atomic mass is 10.2. The molecule has 27 heavy (non-hydrogen) atoms. The van der Waals surface area contributed by atoms with Crippen LogP contribution in [0.5, 0.6) is 0 Å². The van der Waals surface area contributed by atoms with Crippen LogP contribution in [0.3, 0.4) is 0 Å². The number of hydrogen-bond acceptors (Lipinski definition) is 6. The van der Waals surface area contributed by atoms with Crippen LogP contribution < -0.4 is 26.9 Å². The molecule has 8 heteroatoms. The molecule has 0 aromatic heterocycles. The van der Waals surface area contributed by atoms with E-state index in [1.165, 1.54) is 12.1 Å². The van der Waals surface area contributed by atoms with Crippen molar-refractivity contribution >= 4 is 16.1 Å². The van der Waals surface area contributed by atoms with Crippen LogP contribution in [-0.4, -0.2) is 25.5 Å². The van der Waals surface area contributed by atoms with E-state index in [0.717, 1.165) is 9.13 Å². The highest BCUT2D eigenvalue weighted by Gasteiger charge is 2.29. The van der Waals surface area contributed by atoms with Crippen molar-refractivity contribution in [3.63, 3.8) is 0 Å². The van der Waals surface area contributed by atoms with Gasteiger partial charge in [-0.05, 0) is 45.0 Å². The van der Waals surface area contributed by atoms with Crippen molar-refractivity contribution in [2.24, 2.45) is 5.73 Å². The van der Waals surface area contributed by atoms with Crippen LogP contribution in [0, 0.1) is 10.5 Å². The maximum Gasteiger partial charge on any atom is 0.387 e. The number of benzene rings is 2. The molecule has 0 amide bonds. The number of halogens is 1. The molecular formula is C19H22INO5S. The summed E-state index contributed by atoms with van der Waals surface area (Å²) in [5, 5.41) is 0. The van der Waals surface area contributed by atoms with Gasteiger partial charge in [-0.1, -0.05) is 35.9 Å². The lowest BCUT2D eigenvalue weighted by Crippen LogP contribution is -3.61. The standard InChI is InChI=1S/C12H14INO2.C7H8O3S/c1-3-16-12(15)11(9(2)14)13-10-7-5-4-6-8-10;1-6-2-4-7(5-3-6)11(8,9)10/h4-8H,3H2,1-2H3,(H-,14,15);2-5H,1H3,(H,8,9,10). The molecule has 0 atom stereocenters. The lowest BCUT2D eigenvalue weighted by molar-refractivity contribution is -0.572. The van der Waals surface area contributed by atoms with Crippen molar-refractivity contribution in [1.82, 2.24) is 0 Å². The van der Waals surface area contributed by atoms with E-state index in [2.05, 4.69) is 0 Å². The zero-order valence-corrected chi connectivity index (χ0v) is 18.3. The zero-order chi connectivity index (χ0) is 20.4. The van der Waals surface area contributed by atoms with E-state index in [1.54, 1.807) is 26.0 Å². The molecular weight excluding hydrogens is 481 g/mol. The van der Waals surface area contributed by atoms with Crippen molar-refractivity contribution < 1.29 is 43.7 Å². The minimum absolute atomic E-state index is 0.178. The second-order valence-electron chi connectivity index (χ2n) is 5.37. The van der Waals surface area contributed by atoms with Gasteiger partial charge in [0.25, 0.3) is 3.58 Å². The fraction of sp³-hybridized carbons (Fsp3) is 0.211. The number of nitrogens with two attached hydrogens (primary N) is 1. The number of allylic oxidation sites excluding steroid dienone is 1. The molecule has 0 bridgehead atoms. The Kier molecular flexibility index (Phi) is 9.47. The molecule has 0 aliphatic carbocycles. The fourth-order valence-corrected chi connectivity index (χ4v) is 4.43. The normalized spacial score (nSPS) is 11.7. The average Bonchev–Trinajstić information content (AvgIpc) is 2.60. The van der Waals surface area contributed by atoms with Gasteiger partial charge in [0, 0.05) is 0 Å². The predicted octanol–water partition coefficient (Wildman–Crippen LogP) is -0.402. The van der Waals surface area contributed by atoms with Crippen molar-refractivity contribution in [2.75, 3.05) is 6.61 Å². The molecule has 0 radical (unpaired) electrons. The number of carbonyl (C=O) groups is 1. The topological polar surface area (TPSA) is 110 Å². The molecule has 6 nitrogen and oxygen atoms in total. The minimum Gasteiger partial charge on any atom is -0.744 e. The van der Waals surface area contributed by atoms with Crippen LogP contribution in [0.4, 0.5) is 0 Å². The maximum atomic E-state index is 11.7. The number of esters is 1. The van der Waals surface area contributed by atoms with Gasteiger partial charge >= 0.3 is 27.2 Å². The molecule has 0 unspecified atom stereocenters. The van der Waals surface area contributed by atoms with E-state index in [4.69, 9.17) is 10.5 Å². The summed E-state index contributed by atoms with van der Waals surface area (Å²) in [6.07, 6.45) is 0. The Balaban J connectivity index is 0.000000289. The van der Waals surface area contributed by atoms with Gasteiger partial charge in [0.15, 0.2) is 3.57 Å². The SMILES string of the molecule is CCOC(=O)/C([I+]c1ccccc1)=C(/C)N.Cc1ccc(S(=O)(=O)[O-])cc1. The average molecular weight is 503 g/mol. The van der Waals surface area contributed by atoms with Gasteiger partial charge in [0.2, 0.25) is 0 Å². The van der Waals surface area contributed by atoms with E-state index < -0.39 is 31.3 Å². The van der Waals surface area contributed by atoms with Gasteiger partial charge in [-0.15, -0.1) is 0 Å². The Morgan fingerprint density at radius 1 is 1.11 bits per heavy atom. The molecule has 2 N–H and O–H groups in total. The highest BCUT2D eigenvalue weighted by atomic mass is 127. The summed E-state index contributed by atoms with van der Waals surface area (Å²) in [4.78, 5) is 11.5. The monoisotopic (exact) mass is 503 g/mol. The molecule has 0 aliphatic rings. The smallest absolute Gasteiger partial charge is 0.387 e. The van der Waals surface area contributed by atoms with Crippen LogP contribution in [-0.2, 0) is 19.6 Å². The van der Waals surface area contributed by atoms with Gasteiger partial charge in [0.1, 0.15) is 10.1 Å². The summed E-state index contributed by atoms with van der Waals surface area (Å²) in [6, 6.07) is 15.7. The molecule has 0 aliphatic heterocycles. The number of aryl methyl sites for hydroxylation is 1. The quantitative estimate of drug-likeness (QED) is 0.258. The predicted molar refractivity (Wildman–Crippen MR) is 97.8 cm³/mol. The van der Waals surface area contributed by atoms with Crippen molar-refractivity contribution in [1.29, 1.82) is 0 Å². The van der Waals surface area contributed by atoms with E-state index >= 15 is 0 Å². The Bertz CT molecular complexity index is 874. The Labute approximate surface area is 170 Å². The van der Waals surface area contributed by atoms with Gasteiger partial charge in [0.05, 0.1) is 17.2 Å². The van der Waals surface area contributed by atoms with Gasteiger partial charge in [-0.2, -0.15) is 0 Å². The molecule has 0 spiro atoms. The summed E-state index contributed by atoms with van der Waals surface area (Å²) in [7, 11) is -4.27. The van der Waals surface area contributed by atoms with E-state index in [-0.39, 0.29) is 10.9 Å². The van der Waals surface area contributed by atoms with Gasteiger partial charge < -0.3 is 15.0 Å². The number of ether oxygens (including phenoxy) is 1. The highest BCUT2D eigenvalue weighted by molar-refractivity contribution is 7.85. The maximum absolute atomic E-state index is 11.7. The van der Waals surface area contributed by atoms with Crippen molar-refractivity contribution in [2.45, 2.75) is 25.7 Å². The first-order valence-electron chi connectivity index (χ1n) is 8.01. The second kappa shape index (κ2) is 11.1. The van der Waals surface area contributed by atoms with Gasteiger partial charge in [-0.25, -0.2) is 13.2 Å². The summed E-state index contributed by atoms with van der Waals surface area (Å²) in [5.74, 6) is -0.279. The van der Waals surface area contributed by atoms with E-state index in [1.807, 2.05) is 37.3 Å². The number of carbonyl (C=O) groups excluding carboxylic acids is 1. The molecule has 2 aromatic carbocycles. The van der Waals surface area contributed by atoms with E-state index in [9.17, 15) is 17.8 Å². The third-order valence-corrected chi connectivity index (χ3v) is 7.07. The third kappa shape index (κ3) is 8.55. The molecule has 0 fully saturated rings. The molecule has 2 rings (SSSR count). The largest absolute Gasteiger partial charge is 0.744 e. The lowest BCUT2D eigenvalue weighted by Gasteiger charge is -2.05. The minimum atomic E-state index is -4.27. The zero-order valence-electron chi connectivity index (χ0n) is 15.3. The van der Waals surface area contributed by atoms with Crippen LogP contribution in [0.15, 0.2) is 68.8 Å². The number of hydrogen-bond donors (Lipinski definition) is 1. The summed E-state index contributed by atoms with van der Waals surface area (Å²) in [5.41, 5.74) is 7.22. The summed E-state index contributed by atoms with van der Waals surface area (Å²) in [6.45, 7) is 5.74. The first-order valence-corrected chi connectivity index (χ1v) is 11.6. The van der Waals surface area contributed by atoms with Crippen LogP contribution in [0.25, 0.3) is 0 Å². The fourth-order valence-electron chi connectivity index (χ4n) is 1.76. The van der Waals surface area contributed by atoms with Crippen LogP contribution in [0.1, 0.15) is 19.4 Å². The van der Waals surface area contributed by atoms with Gasteiger partial charge in [-0.3, -0.25) is 0 Å². The van der Waals surface area contributed by atoms with Crippen molar-refractivity contribution in [3.05, 3.63) is 73.0 Å². The van der Waals surface area contributed by atoms with E-state index in [0.29, 0.717) is 15.9 Å². The molecule has 2 aromatic rings. The molecule has 146 valence electrons. The molecule has 0 saturated heterocycles. The Morgan fingerprint density at radius 3 is 2.11 bits per heavy atom. The second-order valence-corrected chi connectivity index (χ2v) is 9.62.